The molecule has 0 saturated carbocycles. The summed E-state index contributed by atoms with van der Waals surface area (Å²) in [5, 5.41) is 0. The summed E-state index contributed by atoms with van der Waals surface area (Å²) in [6.45, 7) is 2.94. The van der Waals surface area contributed by atoms with Gasteiger partial charge in [-0.2, -0.15) is 17.5 Å². The average Bonchev–Trinajstić information content (AvgIpc) is 2.30. The van der Waals surface area contributed by atoms with Crippen molar-refractivity contribution >= 4 is 15.7 Å². The highest BCUT2D eigenvalue weighted by Gasteiger charge is 2.36. The van der Waals surface area contributed by atoms with Crippen LogP contribution in [0.3, 0.4) is 0 Å². The lowest BCUT2D eigenvalue weighted by atomic mass is 10.1. The molecule has 1 aromatic carbocycles. The van der Waals surface area contributed by atoms with E-state index in [4.69, 9.17) is 5.73 Å². The molecule has 20 heavy (non-hydrogen) atoms. The minimum atomic E-state index is -4.59. The molecule has 0 spiro atoms. The Hall–Kier alpha value is -1.28. The molecular weight excluding hydrogens is 293 g/mol. The second kappa shape index (κ2) is 5.61. The molecular formula is C12H17F3N2O2S. The fourth-order valence-electron chi connectivity index (χ4n) is 1.72. The SMILES string of the molecule is CCN(CC(F)(F)F)S(=O)(=O)c1cc(C)c(C)c(N)c1. The van der Waals surface area contributed by atoms with Gasteiger partial charge in [-0.1, -0.05) is 6.92 Å². The van der Waals surface area contributed by atoms with Gasteiger partial charge in [0, 0.05) is 12.2 Å². The van der Waals surface area contributed by atoms with Crippen molar-refractivity contribution < 1.29 is 21.6 Å². The summed E-state index contributed by atoms with van der Waals surface area (Å²) in [5.74, 6) is 0. The number of aryl methyl sites for hydroxylation is 1. The number of anilines is 1. The first-order valence-electron chi connectivity index (χ1n) is 5.92. The Morgan fingerprint density at radius 3 is 2.20 bits per heavy atom. The van der Waals surface area contributed by atoms with Crippen molar-refractivity contribution in [2.24, 2.45) is 0 Å². The fraction of sp³-hybridized carbons (Fsp3) is 0.500. The minimum absolute atomic E-state index is 0.218. The molecule has 0 radical (unpaired) electrons. The first-order valence-corrected chi connectivity index (χ1v) is 7.36. The Balaban J connectivity index is 3.28. The topological polar surface area (TPSA) is 63.4 Å². The number of hydrogen-bond donors (Lipinski definition) is 1. The first-order chi connectivity index (χ1) is 8.99. The molecule has 0 amide bonds. The van der Waals surface area contributed by atoms with Crippen molar-refractivity contribution in [3.8, 4) is 0 Å². The standard InChI is InChI=1S/C12H17F3N2O2S/c1-4-17(7-12(13,14)15)20(18,19)10-5-8(2)9(3)11(16)6-10/h5-6H,4,7,16H2,1-3H3. The summed E-state index contributed by atoms with van der Waals surface area (Å²) < 4.78 is 62.1. The maximum absolute atomic E-state index is 12.4. The van der Waals surface area contributed by atoms with Gasteiger partial charge < -0.3 is 5.73 Å². The van der Waals surface area contributed by atoms with E-state index in [1.54, 1.807) is 13.8 Å². The van der Waals surface area contributed by atoms with E-state index in [1.807, 2.05) is 0 Å². The molecule has 4 nitrogen and oxygen atoms in total. The smallest absolute Gasteiger partial charge is 0.398 e. The number of nitrogens with zero attached hydrogens (tertiary/aromatic N) is 1. The third-order valence-corrected chi connectivity index (χ3v) is 4.93. The van der Waals surface area contributed by atoms with Crippen LogP contribution in [0, 0.1) is 13.8 Å². The molecule has 0 atom stereocenters. The summed E-state index contributed by atoms with van der Waals surface area (Å²) in [7, 11) is -4.21. The molecule has 0 heterocycles. The van der Waals surface area contributed by atoms with Crippen LogP contribution in [-0.4, -0.2) is 32.0 Å². The van der Waals surface area contributed by atoms with Crippen molar-refractivity contribution in [3.63, 3.8) is 0 Å². The number of alkyl halides is 3. The van der Waals surface area contributed by atoms with Crippen molar-refractivity contribution in [2.45, 2.75) is 31.8 Å². The van der Waals surface area contributed by atoms with E-state index in [0.717, 1.165) is 0 Å². The molecule has 0 aliphatic carbocycles. The van der Waals surface area contributed by atoms with E-state index in [0.29, 0.717) is 15.4 Å². The van der Waals surface area contributed by atoms with E-state index in [9.17, 15) is 21.6 Å². The van der Waals surface area contributed by atoms with E-state index < -0.39 is 22.7 Å². The Morgan fingerprint density at radius 2 is 1.80 bits per heavy atom. The highest BCUT2D eigenvalue weighted by atomic mass is 32.2. The first kappa shape index (κ1) is 16.8. The highest BCUT2D eigenvalue weighted by Crippen LogP contribution is 2.26. The van der Waals surface area contributed by atoms with Gasteiger partial charge in [-0.15, -0.1) is 0 Å². The molecule has 0 aliphatic heterocycles. The van der Waals surface area contributed by atoms with Crippen LogP contribution in [0.2, 0.25) is 0 Å². The maximum Gasteiger partial charge on any atom is 0.402 e. The van der Waals surface area contributed by atoms with E-state index in [1.165, 1.54) is 19.1 Å². The Kier molecular flexibility index (Phi) is 4.70. The third kappa shape index (κ3) is 3.63. The maximum atomic E-state index is 12.4. The molecule has 114 valence electrons. The number of hydrogen-bond acceptors (Lipinski definition) is 3. The number of halogens is 3. The summed E-state index contributed by atoms with van der Waals surface area (Å²) >= 11 is 0. The van der Waals surface area contributed by atoms with Crippen LogP contribution in [-0.2, 0) is 10.0 Å². The zero-order chi connectivity index (χ0) is 15.7. The van der Waals surface area contributed by atoms with Crippen LogP contribution in [0.25, 0.3) is 0 Å². The predicted molar refractivity (Wildman–Crippen MR) is 70.8 cm³/mol. The van der Waals surface area contributed by atoms with Gasteiger partial charge in [0.25, 0.3) is 0 Å². The molecule has 8 heteroatoms. The molecule has 0 unspecified atom stereocenters. The van der Waals surface area contributed by atoms with Crippen LogP contribution in [0.15, 0.2) is 17.0 Å². The second-order valence-electron chi connectivity index (χ2n) is 4.50. The number of nitrogens with two attached hydrogens (primary N) is 1. The largest absolute Gasteiger partial charge is 0.402 e. The highest BCUT2D eigenvalue weighted by molar-refractivity contribution is 7.89. The molecule has 2 N–H and O–H groups in total. The Labute approximate surface area is 116 Å². The van der Waals surface area contributed by atoms with Gasteiger partial charge in [-0.3, -0.25) is 0 Å². The zero-order valence-electron chi connectivity index (χ0n) is 11.5. The quantitative estimate of drug-likeness (QED) is 0.869. The van der Waals surface area contributed by atoms with Gasteiger partial charge >= 0.3 is 6.18 Å². The summed E-state index contributed by atoms with van der Waals surface area (Å²) in [5.41, 5.74) is 7.25. The van der Waals surface area contributed by atoms with Crippen molar-refractivity contribution in [3.05, 3.63) is 23.3 Å². The van der Waals surface area contributed by atoms with E-state index >= 15 is 0 Å². The van der Waals surface area contributed by atoms with Gasteiger partial charge in [0.1, 0.15) is 6.54 Å². The van der Waals surface area contributed by atoms with Crippen LogP contribution in [0.5, 0.6) is 0 Å². The second-order valence-corrected chi connectivity index (χ2v) is 6.44. The monoisotopic (exact) mass is 310 g/mol. The number of nitrogen functional groups attached to an aromatic ring is 1. The number of sulfonamides is 1. The summed E-state index contributed by atoms with van der Waals surface area (Å²) in [6.07, 6.45) is -4.59. The molecule has 1 aromatic rings. The lowest BCUT2D eigenvalue weighted by Gasteiger charge is -2.22. The molecule has 0 saturated heterocycles. The Morgan fingerprint density at radius 1 is 1.25 bits per heavy atom. The van der Waals surface area contributed by atoms with Crippen LogP contribution < -0.4 is 5.73 Å². The van der Waals surface area contributed by atoms with E-state index in [-0.39, 0.29) is 17.1 Å². The number of benzene rings is 1. The number of rotatable bonds is 4. The average molecular weight is 310 g/mol. The van der Waals surface area contributed by atoms with Crippen molar-refractivity contribution in [1.82, 2.24) is 4.31 Å². The van der Waals surface area contributed by atoms with Gasteiger partial charge in [0.15, 0.2) is 0 Å². The van der Waals surface area contributed by atoms with E-state index in [2.05, 4.69) is 0 Å². The van der Waals surface area contributed by atoms with Crippen molar-refractivity contribution in [1.29, 1.82) is 0 Å². The normalized spacial score (nSPS) is 12.9. The minimum Gasteiger partial charge on any atom is -0.398 e. The Bertz CT molecular complexity index is 574. The third-order valence-electron chi connectivity index (χ3n) is 3.03. The van der Waals surface area contributed by atoms with Gasteiger partial charge in [-0.05, 0) is 37.1 Å². The van der Waals surface area contributed by atoms with Crippen LogP contribution in [0.1, 0.15) is 18.1 Å². The fourth-order valence-corrected chi connectivity index (χ4v) is 3.27. The van der Waals surface area contributed by atoms with Gasteiger partial charge in [0.2, 0.25) is 10.0 Å². The summed E-state index contributed by atoms with van der Waals surface area (Å²) in [4.78, 5) is -0.218. The summed E-state index contributed by atoms with van der Waals surface area (Å²) in [6, 6.07) is 2.52. The molecule has 1 rings (SSSR count). The predicted octanol–water partition coefficient (Wildman–Crippen LogP) is 2.46. The van der Waals surface area contributed by atoms with Crippen LogP contribution >= 0.6 is 0 Å². The van der Waals surface area contributed by atoms with Crippen LogP contribution in [0.4, 0.5) is 18.9 Å². The molecule has 0 aromatic heterocycles. The lowest BCUT2D eigenvalue weighted by molar-refractivity contribution is -0.135. The van der Waals surface area contributed by atoms with Gasteiger partial charge in [0.05, 0.1) is 4.90 Å². The molecule has 0 aliphatic rings. The lowest BCUT2D eigenvalue weighted by Crippen LogP contribution is -2.38. The molecule has 0 bridgehead atoms. The molecule has 0 fully saturated rings. The van der Waals surface area contributed by atoms with Crippen molar-refractivity contribution in [2.75, 3.05) is 18.8 Å². The van der Waals surface area contributed by atoms with Gasteiger partial charge in [-0.25, -0.2) is 8.42 Å². The zero-order valence-corrected chi connectivity index (χ0v) is 12.3.